The lowest BCUT2D eigenvalue weighted by Gasteiger charge is -2.13. The van der Waals surface area contributed by atoms with E-state index in [-0.39, 0.29) is 11.5 Å². The summed E-state index contributed by atoms with van der Waals surface area (Å²) in [5, 5.41) is 13.1. The van der Waals surface area contributed by atoms with Gasteiger partial charge >= 0.3 is 0 Å². The van der Waals surface area contributed by atoms with Gasteiger partial charge in [0.05, 0.1) is 5.69 Å². The quantitative estimate of drug-likeness (QED) is 0.512. The molecule has 3 aromatic rings. The predicted octanol–water partition coefficient (Wildman–Crippen LogP) is 4.25. The fourth-order valence-corrected chi connectivity index (χ4v) is 2.65. The highest BCUT2D eigenvalue weighted by Crippen LogP contribution is 2.23. The highest BCUT2D eigenvalue weighted by Gasteiger charge is 2.21. The largest absolute Gasteiger partial charge is 0.380 e. The van der Waals surface area contributed by atoms with Crippen molar-refractivity contribution in [2.75, 3.05) is 5.32 Å². The van der Waals surface area contributed by atoms with E-state index in [0.717, 1.165) is 5.56 Å². The summed E-state index contributed by atoms with van der Waals surface area (Å²) < 4.78 is 0. The lowest BCUT2D eigenvalue weighted by molar-refractivity contribution is -0.111. The van der Waals surface area contributed by atoms with Gasteiger partial charge in [-0.3, -0.25) is 9.59 Å². The number of nitrogens with one attached hydrogen (secondary N) is 1. The van der Waals surface area contributed by atoms with Crippen LogP contribution >= 0.6 is 0 Å². The van der Waals surface area contributed by atoms with Gasteiger partial charge in [-0.1, -0.05) is 72.8 Å². The van der Waals surface area contributed by atoms with Crippen LogP contribution in [0.25, 0.3) is 6.08 Å². The number of aliphatic hydroxyl groups excluding tert-OH is 1. The summed E-state index contributed by atoms with van der Waals surface area (Å²) in [7, 11) is 0. The molecule has 0 aliphatic rings. The number of rotatable bonds is 6. The molecular formula is C23H19NO3. The third-order valence-corrected chi connectivity index (χ3v) is 4.04. The number of para-hydroxylation sites is 1. The number of ketones is 1. The molecule has 27 heavy (non-hydrogen) atoms. The summed E-state index contributed by atoms with van der Waals surface area (Å²) >= 11 is 0. The lowest BCUT2D eigenvalue weighted by atomic mass is 9.98. The van der Waals surface area contributed by atoms with E-state index in [0.29, 0.717) is 11.3 Å². The molecule has 0 bridgehead atoms. The molecule has 4 nitrogen and oxygen atoms in total. The average Bonchev–Trinajstić information content (AvgIpc) is 2.73. The second-order valence-corrected chi connectivity index (χ2v) is 5.96. The van der Waals surface area contributed by atoms with Crippen LogP contribution in [-0.2, 0) is 4.79 Å². The summed E-state index contributed by atoms with van der Waals surface area (Å²) in [4.78, 5) is 24.9. The highest BCUT2D eigenvalue weighted by atomic mass is 16.3. The van der Waals surface area contributed by atoms with Crippen molar-refractivity contribution in [2.24, 2.45) is 0 Å². The lowest BCUT2D eigenvalue weighted by Crippen LogP contribution is -2.16. The van der Waals surface area contributed by atoms with E-state index in [1.54, 1.807) is 54.6 Å². The number of carbonyl (C=O) groups excluding carboxylic acids is 2. The van der Waals surface area contributed by atoms with Gasteiger partial charge in [-0.05, 0) is 29.3 Å². The van der Waals surface area contributed by atoms with Crippen LogP contribution in [0.1, 0.15) is 27.6 Å². The number of Topliss-reactive ketones (excluding diaryl/α,β-unsaturated/α-hetero) is 1. The molecule has 0 saturated carbocycles. The minimum absolute atomic E-state index is 0.260. The van der Waals surface area contributed by atoms with Crippen molar-refractivity contribution in [1.29, 1.82) is 0 Å². The van der Waals surface area contributed by atoms with E-state index in [4.69, 9.17) is 0 Å². The van der Waals surface area contributed by atoms with E-state index in [9.17, 15) is 14.7 Å². The van der Waals surface area contributed by atoms with Crippen LogP contribution < -0.4 is 5.32 Å². The van der Waals surface area contributed by atoms with Gasteiger partial charge < -0.3 is 10.4 Å². The molecule has 0 spiro atoms. The van der Waals surface area contributed by atoms with Crippen LogP contribution in [0.3, 0.4) is 0 Å². The SMILES string of the molecule is O=C(C=Cc1ccccc1)Nc1ccccc1C(=O)C(O)c1ccccc1. The standard InChI is InChI=1S/C23H19NO3/c25-21(16-15-17-9-3-1-4-10-17)24-20-14-8-7-13-19(20)23(27)22(26)18-11-5-2-6-12-18/h1-16,22,26H,(H,24,25). The first kappa shape index (κ1) is 18.3. The van der Waals surface area contributed by atoms with Crippen LogP contribution in [0.2, 0.25) is 0 Å². The zero-order valence-corrected chi connectivity index (χ0v) is 14.6. The van der Waals surface area contributed by atoms with Crippen LogP contribution in [0.5, 0.6) is 0 Å². The molecule has 3 rings (SSSR count). The average molecular weight is 357 g/mol. The van der Waals surface area contributed by atoms with Crippen LogP contribution in [0, 0.1) is 0 Å². The maximum atomic E-state index is 12.7. The second kappa shape index (κ2) is 8.74. The highest BCUT2D eigenvalue weighted by molar-refractivity contribution is 6.09. The van der Waals surface area contributed by atoms with Gasteiger partial charge in [0.15, 0.2) is 5.78 Å². The van der Waals surface area contributed by atoms with Gasteiger partial charge in [0.25, 0.3) is 0 Å². The number of benzene rings is 3. The Bertz CT molecular complexity index is 950. The Hall–Kier alpha value is -3.50. The molecule has 3 aromatic carbocycles. The number of amides is 1. The Morgan fingerprint density at radius 1 is 0.815 bits per heavy atom. The van der Waals surface area contributed by atoms with Gasteiger partial charge in [-0.2, -0.15) is 0 Å². The zero-order valence-electron chi connectivity index (χ0n) is 14.6. The zero-order chi connectivity index (χ0) is 19.1. The molecule has 0 aliphatic heterocycles. The van der Waals surface area contributed by atoms with Gasteiger partial charge in [0.2, 0.25) is 5.91 Å². The molecule has 0 heterocycles. The first-order chi connectivity index (χ1) is 13.1. The Balaban J connectivity index is 1.76. The number of hydrogen-bond acceptors (Lipinski definition) is 3. The van der Waals surface area contributed by atoms with E-state index in [2.05, 4.69) is 5.32 Å². The molecule has 0 aliphatic carbocycles. The van der Waals surface area contributed by atoms with Gasteiger partial charge in [0, 0.05) is 11.6 Å². The molecule has 0 radical (unpaired) electrons. The maximum Gasteiger partial charge on any atom is 0.248 e. The normalized spacial score (nSPS) is 11.9. The summed E-state index contributed by atoms with van der Waals surface area (Å²) in [5.41, 5.74) is 2.03. The summed E-state index contributed by atoms with van der Waals surface area (Å²) in [6.07, 6.45) is 1.81. The Morgan fingerprint density at radius 3 is 2.11 bits per heavy atom. The molecule has 1 unspecified atom stereocenters. The number of carbonyl (C=O) groups is 2. The number of aliphatic hydroxyl groups is 1. The van der Waals surface area contributed by atoms with Gasteiger partial charge in [-0.15, -0.1) is 0 Å². The third kappa shape index (κ3) is 4.77. The fraction of sp³-hybridized carbons (Fsp3) is 0.0435. The third-order valence-electron chi connectivity index (χ3n) is 4.04. The first-order valence-electron chi connectivity index (χ1n) is 8.55. The maximum absolute atomic E-state index is 12.7. The monoisotopic (exact) mass is 357 g/mol. The van der Waals surface area contributed by atoms with E-state index >= 15 is 0 Å². The van der Waals surface area contributed by atoms with Crippen molar-refractivity contribution in [3.63, 3.8) is 0 Å². The van der Waals surface area contributed by atoms with Crippen molar-refractivity contribution in [2.45, 2.75) is 6.10 Å². The van der Waals surface area contributed by atoms with Crippen LogP contribution in [0.4, 0.5) is 5.69 Å². The number of anilines is 1. The molecule has 134 valence electrons. The molecule has 0 aromatic heterocycles. The molecular weight excluding hydrogens is 338 g/mol. The van der Waals surface area contributed by atoms with Crippen molar-refractivity contribution in [1.82, 2.24) is 0 Å². The minimum Gasteiger partial charge on any atom is -0.380 e. The van der Waals surface area contributed by atoms with Crippen molar-refractivity contribution in [3.05, 3.63) is 108 Å². The second-order valence-electron chi connectivity index (χ2n) is 5.96. The summed E-state index contributed by atoms with van der Waals surface area (Å²) in [5.74, 6) is -0.822. The topological polar surface area (TPSA) is 66.4 Å². The van der Waals surface area contributed by atoms with Gasteiger partial charge in [-0.25, -0.2) is 0 Å². The molecule has 0 fully saturated rings. The molecule has 2 N–H and O–H groups in total. The van der Waals surface area contributed by atoms with Crippen molar-refractivity contribution < 1.29 is 14.7 Å². The van der Waals surface area contributed by atoms with E-state index in [1.165, 1.54) is 6.08 Å². The molecule has 0 saturated heterocycles. The van der Waals surface area contributed by atoms with E-state index in [1.807, 2.05) is 36.4 Å². The van der Waals surface area contributed by atoms with E-state index < -0.39 is 11.9 Å². The van der Waals surface area contributed by atoms with Crippen LogP contribution in [0.15, 0.2) is 91.0 Å². The first-order valence-corrected chi connectivity index (χ1v) is 8.55. The van der Waals surface area contributed by atoms with Crippen molar-refractivity contribution >= 4 is 23.5 Å². The molecule has 4 heteroatoms. The number of hydrogen-bond donors (Lipinski definition) is 2. The smallest absolute Gasteiger partial charge is 0.248 e. The Labute approximate surface area is 157 Å². The fourth-order valence-electron chi connectivity index (χ4n) is 2.65. The minimum atomic E-state index is -1.29. The summed E-state index contributed by atoms with van der Waals surface area (Å²) in [6.45, 7) is 0. The molecule has 1 atom stereocenters. The van der Waals surface area contributed by atoms with Gasteiger partial charge in [0.1, 0.15) is 6.10 Å². The summed E-state index contributed by atoms with van der Waals surface area (Å²) in [6, 6.07) is 24.8. The van der Waals surface area contributed by atoms with Crippen LogP contribution in [-0.4, -0.2) is 16.8 Å². The Kier molecular flexibility index (Phi) is 5.92. The molecule has 1 amide bonds. The Morgan fingerprint density at radius 2 is 1.41 bits per heavy atom. The predicted molar refractivity (Wildman–Crippen MR) is 106 cm³/mol. The van der Waals surface area contributed by atoms with Crippen molar-refractivity contribution in [3.8, 4) is 0 Å².